The summed E-state index contributed by atoms with van der Waals surface area (Å²) in [6, 6.07) is 9.02. The van der Waals surface area contributed by atoms with Gasteiger partial charge in [-0.1, -0.05) is 36.4 Å². The van der Waals surface area contributed by atoms with Crippen LogP contribution in [0.1, 0.15) is 56.2 Å². The van der Waals surface area contributed by atoms with Crippen LogP contribution in [0, 0.1) is 17.8 Å². The van der Waals surface area contributed by atoms with Crippen LogP contribution in [0.25, 0.3) is 0 Å². The Morgan fingerprint density at radius 3 is 2.69 bits per heavy atom. The molecule has 2 bridgehead atoms. The summed E-state index contributed by atoms with van der Waals surface area (Å²) in [6.07, 6.45) is 11.3. The second-order valence-corrected chi connectivity index (χ2v) is 9.17. The number of rotatable bonds is 3. The van der Waals surface area contributed by atoms with E-state index in [9.17, 15) is 4.79 Å². The number of benzene rings is 1. The van der Waals surface area contributed by atoms with Crippen LogP contribution in [-0.2, 0) is 10.2 Å². The zero-order valence-electron chi connectivity index (χ0n) is 15.8. The Kier molecular flexibility index (Phi) is 3.97. The molecule has 1 aromatic carbocycles. The number of fused-ring (bicyclic) bond motifs is 4. The van der Waals surface area contributed by atoms with E-state index in [0.717, 1.165) is 24.2 Å². The molecule has 1 heterocycles. The first-order valence-corrected chi connectivity index (χ1v) is 10.4. The van der Waals surface area contributed by atoms with Gasteiger partial charge in [0.05, 0.1) is 6.04 Å². The first kappa shape index (κ1) is 16.6. The lowest BCUT2D eigenvalue weighted by atomic mass is 9.73. The van der Waals surface area contributed by atoms with E-state index >= 15 is 0 Å². The van der Waals surface area contributed by atoms with Crippen LogP contribution in [0.15, 0.2) is 36.4 Å². The number of nitrogens with one attached hydrogen (secondary N) is 1. The van der Waals surface area contributed by atoms with E-state index in [-0.39, 0.29) is 17.4 Å². The van der Waals surface area contributed by atoms with E-state index in [1.807, 2.05) is 0 Å². The molecule has 3 heteroatoms. The third-order valence-electron chi connectivity index (χ3n) is 7.60. The first-order chi connectivity index (χ1) is 12.6. The number of carbonyl (C=O) groups is 1. The Morgan fingerprint density at radius 2 is 2.00 bits per heavy atom. The molecule has 1 spiro atoms. The van der Waals surface area contributed by atoms with Crippen molar-refractivity contribution in [3.05, 3.63) is 47.5 Å². The van der Waals surface area contributed by atoms with Crippen LogP contribution < -0.4 is 5.32 Å². The third kappa shape index (κ3) is 2.72. The van der Waals surface area contributed by atoms with Crippen molar-refractivity contribution in [3.63, 3.8) is 0 Å². The molecule has 1 N–H and O–H groups in total. The highest BCUT2D eigenvalue weighted by Gasteiger charge is 2.46. The average Bonchev–Trinajstić information content (AvgIpc) is 3.32. The number of hydrogen-bond donors (Lipinski definition) is 1. The standard InChI is InChI=1S/C23H30N2O/c1-16(26)24-22-14-23(21-5-3-2-4-20(21)22)8-10-25(11-9-23)15-19-13-17-6-7-18(19)12-17/h2-7,17-19,22H,8-15H2,1H3,(H,24,26)/t17-,18?,19-,22?/m0/s1. The summed E-state index contributed by atoms with van der Waals surface area (Å²) in [7, 11) is 0. The topological polar surface area (TPSA) is 32.3 Å². The summed E-state index contributed by atoms with van der Waals surface area (Å²) in [5.74, 6) is 2.71. The maximum Gasteiger partial charge on any atom is 0.217 e. The number of likely N-dealkylation sites (tertiary alicyclic amines) is 1. The SMILES string of the molecule is CC(=O)NC1CC2(CCN(C[C@@H]3C[C@H]4C=CC3C4)CC2)c2ccccc21. The van der Waals surface area contributed by atoms with Crippen LogP contribution in [-0.4, -0.2) is 30.4 Å². The molecule has 1 aliphatic heterocycles. The molecule has 0 aromatic heterocycles. The number of carbonyl (C=O) groups excluding carboxylic acids is 1. The Hall–Kier alpha value is -1.61. The summed E-state index contributed by atoms with van der Waals surface area (Å²) in [4.78, 5) is 14.4. The molecule has 2 fully saturated rings. The Labute approximate surface area is 156 Å². The summed E-state index contributed by atoms with van der Waals surface area (Å²) in [6.45, 7) is 5.34. The fourth-order valence-corrected chi connectivity index (χ4v) is 6.34. The lowest BCUT2D eigenvalue weighted by molar-refractivity contribution is -0.119. The van der Waals surface area contributed by atoms with Crippen molar-refractivity contribution in [1.82, 2.24) is 10.2 Å². The minimum atomic E-state index is 0.0867. The molecule has 1 amide bonds. The van der Waals surface area contributed by atoms with Crippen molar-refractivity contribution >= 4 is 5.91 Å². The van der Waals surface area contributed by atoms with Gasteiger partial charge in [0.2, 0.25) is 5.91 Å². The Morgan fingerprint density at radius 1 is 1.19 bits per heavy atom. The van der Waals surface area contributed by atoms with Crippen LogP contribution in [0.2, 0.25) is 0 Å². The average molecular weight is 351 g/mol. The van der Waals surface area contributed by atoms with Gasteiger partial charge in [0.25, 0.3) is 0 Å². The predicted octanol–water partition coefficient (Wildman–Crippen LogP) is 3.81. The van der Waals surface area contributed by atoms with Gasteiger partial charge in [-0.2, -0.15) is 0 Å². The fraction of sp³-hybridized carbons (Fsp3) is 0.609. The van der Waals surface area contributed by atoms with Gasteiger partial charge >= 0.3 is 0 Å². The molecular weight excluding hydrogens is 320 g/mol. The highest BCUT2D eigenvalue weighted by Crippen LogP contribution is 2.51. The van der Waals surface area contributed by atoms with Gasteiger partial charge in [0, 0.05) is 18.9 Å². The second-order valence-electron chi connectivity index (χ2n) is 9.17. The molecule has 26 heavy (non-hydrogen) atoms. The zero-order valence-corrected chi connectivity index (χ0v) is 15.8. The molecular formula is C23H30N2O. The van der Waals surface area contributed by atoms with Gasteiger partial charge in [-0.15, -0.1) is 0 Å². The van der Waals surface area contributed by atoms with Crippen molar-refractivity contribution in [2.75, 3.05) is 19.6 Å². The molecule has 4 atom stereocenters. The summed E-state index contributed by atoms with van der Waals surface area (Å²) >= 11 is 0. The molecule has 1 aromatic rings. The lowest BCUT2D eigenvalue weighted by Crippen LogP contribution is -2.44. The zero-order chi connectivity index (χ0) is 17.7. The van der Waals surface area contributed by atoms with Gasteiger partial charge in [-0.05, 0) is 74.1 Å². The normalized spacial score (nSPS) is 34.3. The minimum Gasteiger partial charge on any atom is -0.349 e. The van der Waals surface area contributed by atoms with Crippen LogP contribution in [0.5, 0.6) is 0 Å². The number of amides is 1. The molecule has 1 saturated carbocycles. The Bertz CT molecular complexity index is 731. The van der Waals surface area contributed by atoms with Gasteiger partial charge in [0.15, 0.2) is 0 Å². The van der Waals surface area contributed by atoms with Gasteiger partial charge in [-0.25, -0.2) is 0 Å². The van der Waals surface area contributed by atoms with Crippen molar-refractivity contribution in [1.29, 1.82) is 0 Å². The van der Waals surface area contributed by atoms with E-state index in [2.05, 4.69) is 46.6 Å². The Balaban J connectivity index is 1.28. The molecule has 5 rings (SSSR count). The molecule has 3 aliphatic carbocycles. The summed E-state index contributed by atoms with van der Waals surface area (Å²) in [5, 5.41) is 3.20. The minimum absolute atomic E-state index is 0.0867. The van der Waals surface area contributed by atoms with E-state index < -0.39 is 0 Å². The lowest BCUT2D eigenvalue weighted by Gasteiger charge is -2.41. The molecule has 1 saturated heterocycles. The number of piperidine rings is 1. The molecule has 3 nitrogen and oxygen atoms in total. The molecule has 4 aliphatic rings. The second kappa shape index (κ2) is 6.23. The number of allylic oxidation sites excluding steroid dienone is 2. The number of nitrogens with zero attached hydrogens (tertiary/aromatic N) is 1. The number of hydrogen-bond acceptors (Lipinski definition) is 2. The van der Waals surface area contributed by atoms with Gasteiger partial charge in [0.1, 0.15) is 0 Å². The maximum atomic E-state index is 11.7. The monoisotopic (exact) mass is 350 g/mol. The molecule has 138 valence electrons. The van der Waals surface area contributed by atoms with Gasteiger partial charge < -0.3 is 10.2 Å². The van der Waals surface area contributed by atoms with E-state index in [4.69, 9.17) is 0 Å². The fourth-order valence-electron chi connectivity index (χ4n) is 6.34. The third-order valence-corrected chi connectivity index (χ3v) is 7.60. The van der Waals surface area contributed by atoms with Crippen molar-refractivity contribution < 1.29 is 4.79 Å². The quantitative estimate of drug-likeness (QED) is 0.841. The van der Waals surface area contributed by atoms with Crippen molar-refractivity contribution in [2.45, 2.75) is 50.5 Å². The summed E-state index contributed by atoms with van der Waals surface area (Å²) < 4.78 is 0. The largest absolute Gasteiger partial charge is 0.349 e. The summed E-state index contributed by atoms with van der Waals surface area (Å²) in [5.41, 5.74) is 3.13. The van der Waals surface area contributed by atoms with Crippen LogP contribution in [0.3, 0.4) is 0 Å². The van der Waals surface area contributed by atoms with Crippen LogP contribution in [0.4, 0.5) is 0 Å². The highest BCUT2D eigenvalue weighted by atomic mass is 16.1. The molecule has 2 unspecified atom stereocenters. The first-order valence-electron chi connectivity index (χ1n) is 10.4. The highest BCUT2D eigenvalue weighted by molar-refractivity contribution is 5.73. The predicted molar refractivity (Wildman–Crippen MR) is 104 cm³/mol. The van der Waals surface area contributed by atoms with E-state index in [0.29, 0.717) is 0 Å². The smallest absolute Gasteiger partial charge is 0.217 e. The molecule has 0 radical (unpaired) electrons. The van der Waals surface area contributed by atoms with Gasteiger partial charge in [-0.3, -0.25) is 4.79 Å². The van der Waals surface area contributed by atoms with Crippen molar-refractivity contribution in [3.8, 4) is 0 Å². The van der Waals surface area contributed by atoms with Crippen LogP contribution >= 0.6 is 0 Å². The van der Waals surface area contributed by atoms with E-state index in [1.54, 1.807) is 6.92 Å². The van der Waals surface area contributed by atoms with E-state index in [1.165, 1.54) is 56.4 Å². The van der Waals surface area contributed by atoms with Crippen molar-refractivity contribution in [2.24, 2.45) is 17.8 Å². The maximum absolute atomic E-state index is 11.7.